The Kier molecular flexibility index (Phi) is 9.02. The normalized spacial score (nSPS) is 11.5. The summed E-state index contributed by atoms with van der Waals surface area (Å²) in [6.07, 6.45) is 1.60. The number of benzene rings is 4. The predicted molar refractivity (Wildman–Crippen MR) is 175 cm³/mol. The maximum absolute atomic E-state index is 13.8. The van der Waals surface area contributed by atoms with E-state index in [4.69, 9.17) is 37.7 Å². The Morgan fingerprint density at radius 2 is 1.81 bits per heavy atom. The van der Waals surface area contributed by atoms with Crippen molar-refractivity contribution in [2.45, 2.75) is 33.3 Å². The first-order chi connectivity index (χ1) is 20.2. The smallest absolute Gasteiger partial charge is 0.282 e. The highest BCUT2D eigenvalue weighted by Gasteiger charge is 2.18. The van der Waals surface area contributed by atoms with E-state index in [1.807, 2.05) is 61.5 Å². The molecule has 0 atom stereocenters. The van der Waals surface area contributed by atoms with E-state index >= 15 is 0 Å². The fourth-order valence-corrected chi connectivity index (χ4v) is 5.48. The number of methoxy groups -OCH3 is 1. The van der Waals surface area contributed by atoms with E-state index in [2.05, 4.69) is 34.9 Å². The van der Waals surface area contributed by atoms with E-state index in [9.17, 15) is 4.79 Å². The molecule has 5 rings (SSSR count). The molecule has 4 aromatic carbocycles. The molecule has 214 valence electrons. The summed E-state index contributed by atoms with van der Waals surface area (Å²) in [5.41, 5.74) is 4.49. The van der Waals surface area contributed by atoms with E-state index < -0.39 is 0 Å². The van der Waals surface area contributed by atoms with Gasteiger partial charge in [-0.25, -0.2) is 4.98 Å². The molecule has 0 saturated carbocycles. The van der Waals surface area contributed by atoms with Gasteiger partial charge in [0, 0.05) is 31.2 Å². The molecule has 0 saturated heterocycles. The fourth-order valence-electron chi connectivity index (χ4n) is 4.64. The second-order valence-electron chi connectivity index (χ2n) is 10.1. The molecule has 0 aliphatic carbocycles. The lowest BCUT2D eigenvalue weighted by molar-refractivity contribution is 0.306. The van der Waals surface area contributed by atoms with Crippen molar-refractivity contribution in [1.82, 2.24) is 9.66 Å². The molecule has 0 radical (unpaired) electrons. The third-order valence-electron chi connectivity index (χ3n) is 6.88. The maximum Gasteiger partial charge on any atom is 0.282 e. The number of halogens is 3. The summed E-state index contributed by atoms with van der Waals surface area (Å²) < 4.78 is 14.0. The van der Waals surface area contributed by atoms with Crippen LogP contribution in [-0.4, -0.2) is 23.0 Å². The molecule has 0 amide bonds. The predicted octanol–water partition coefficient (Wildman–Crippen LogP) is 9.03. The summed E-state index contributed by atoms with van der Waals surface area (Å²) in [4.78, 5) is 18.8. The molecule has 0 N–H and O–H groups in total. The minimum atomic E-state index is -0.279. The maximum atomic E-state index is 13.8. The number of ether oxygens (including phenoxy) is 2. The highest BCUT2D eigenvalue weighted by atomic mass is 79.9. The summed E-state index contributed by atoms with van der Waals surface area (Å²) in [7, 11) is 1.66. The van der Waals surface area contributed by atoms with Gasteiger partial charge in [-0.2, -0.15) is 9.78 Å². The zero-order valence-corrected chi connectivity index (χ0v) is 26.6. The van der Waals surface area contributed by atoms with Crippen LogP contribution < -0.4 is 15.0 Å². The molecule has 0 aliphatic rings. The van der Waals surface area contributed by atoms with Crippen molar-refractivity contribution in [2.24, 2.45) is 5.10 Å². The standard InChI is InChI=1S/C33H28BrCl2N3O3/c1-19(2)26-16-27(20(3)13-31(26)41-4)32-38-29-8-6-5-7-25(29)33(40)39(32)37-17-22-14-23(34)10-12-30(22)42-18-21-9-11-24(35)15-28(21)36/h5-17,19H,18H2,1-4H3. The Morgan fingerprint density at radius 1 is 1.02 bits per heavy atom. The van der Waals surface area contributed by atoms with Crippen LogP contribution in [0.15, 0.2) is 87.2 Å². The Morgan fingerprint density at radius 3 is 2.55 bits per heavy atom. The monoisotopic (exact) mass is 663 g/mol. The number of aromatic nitrogens is 2. The molecule has 0 unspecified atom stereocenters. The summed E-state index contributed by atoms with van der Waals surface area (Å²) in [5.74, 6) is 1.99. The van der Waals surface area contributed by atoms with Crippen LogP contribution in [0.1, 0.15) is 42.0 Å². The molecule has 0 fully saturated rings. The van der Waals surface area contributed by atoms with Crippen molar-refractivity contribution in [1.29, 1.82) is 0 Å². The van der Waals surface area contributed by atoms with Crippen molar-refractivity contribution in [3.8, 4) is 22.9 Å². The minimum absolute atomic E-state index is 0.193. The number of fused-ring (bicyclic) bond motifs is 1. The van der Waals surface area contributed by atoms with Gasteiger partial charge >= 0.3 is 0 Å². The second-order valence-corrected chi connectivity index (χ2v) is 11.8. The SMILES string of the molecule is COc1cc(C)c(-c2nc3ccccc3c(=O)n2N=Cc2cc(Br)ccc2OCc2ccc(Cl)cc2Cl)cc1C(C)C. The summed E-state index contributed by atoms with van der Waals surface area (Å²) in [5, 5.41) is 6.23. The number of hydrogen-bond donors (Lipinski definition) is 0. The van der Waals surface area contributed by atoms with Crippen LogP contribution >= 0.6 is 39.1 Å². The highest BCUT2D eigenvalue weighted by Crippen LogP contribution is 2.34. The first-order valence-corrected chi connectivity index (χ1v) is 14.8. The third-order valence-corrected chi connectivity index (χ3v) is 7.96. The van der Waals surface area contributed by atoms with Gasteiger partial charge in [0.25, 0.3) is 5.56 Å². The molecule has 9 heteroatoms. The third kappa shape index (κ3) is 6.24. The van der Waals surface area contributed by atoms with Crippen LogP contribution in [0.4, 0.5) is 0 Å². The summed E-state index contributed by atoms with van der Waals surface area (Å²) >= 11 is 15.9. The number of hydrogen-bond acceptors (Lipinski definition) is 5. The van der Waals surface area contributed by atoms with E-state index in [0.717, 1.165) is 32.5 Å². The van der Waals surface area contributed by atoms with Crippen molar-refractivity contribution in [3.05, 3.63) is 120 Å². The first kappa shape index (κ1) is 29.8. The van der Waals surface area contributed by atoms with Crippen LogP contribution in [0.2, 0.25) is 10.0 Å². The van der Waals surface area contributed by atoms with Gasteiger partial charge in [0.05, 0.1) is 24.2 Å². The number of rotatable bonds is 8. The van der Waals surface area contributed by atoms with E-state index in [-0.39, 0.29) is 18.1 Å². The average molecular weight is 665 g/mol. The zero-order valence-electron chi connectivity index (χ0n) is 23.5. The fraction of sp³-hybridized carbons (Fsp3) is 0.182. The van der Waals surface area contributed by atoms with Crippen molar-refractivity contribution in [3.63, 3.8) is 0 Å². The Balaban J connectivity index is 1.63. The van der Waals surface area contributed by atoms with E-state index in [0.29, 0.717) is 38.1 Å². The second kappa shape index (κ2) is 12.7. The molecular weight excluding hydrogens is 637 g/mol. The van der Waals surface area contributed by atoms with Gasteiger partial charge in [-0.3, -0.25) is 4.79 Å². The van der Waals surface area contributed by atoms with Gasteiger partial charge in [0.15, 0.2) is 5.82 Å². The summed E-state index contributed by atoms with van der Waals surface area (Å²) in [6.45, 7) is 6.40. The van der Waals surface area contributed by atoms with Crippen molar-refractivity contribution in [2.75, 3.05) is 7.11 Å². The lowest BCUT2D eigenvalue weighted by Crippen LogP contribution is -2.21. The van der Waals surface area contributed by atoms with Crippen molar-refractivity contribution >= 4 is 56.2 Å². The Bertz CT molecular complexity index is 1890. The number of para-hydroxylation sites is 1. The van der Waals surface area contributed by atoms with Gasteiger partial charge in [-0.15, -0.1) is 0 Å². The molecule has 0 aliphatic heterocycles. The number of nitrogens with zero attached hydrogens (tertiary/aromatic N) is 3. The zero-order chi connectivity index (χ0) is 30.0. The van der Waals surface area contributed by atoms with Gasteiger partial charge in [-0.1, -0.05) is 71.2 Å². The molecule has 1 aromatic heterocycles. The molecule has 1 heterocycles. The molecular formula is C33H28BrCl2N3O3. The largest absolute Gasteiger partial charge is 0.496 e. The quantitative estimate of drug-likeness (QED) is 0.155. The average Bonchev–Trinajstić information content (AvgIpc) is 2.96. The molecule has 5 aromatic rings. The molecule has 6 nitrogen and oxygen atoms in total. The van der Waals surface area contributed by atoms with Crippen LogP contribution in [0.25, 0.3) is 22.3 Å². The first-order valence-electron chi connectivity index (χ1n) is 13.3. The lowest BCUT2D eigenvalue weighted by atomic mass is 9.96. The summed E-state index contributed by atoms with van der Waals surface area (Å²) in [6, 6.07) is 22.1. The molecule has 42 heavy (non-hydrogen) atoms. The van der Waals surface area contributed by atoms with Crippen LogP contribution in [0.5, 0.6) is 11.5 Å². The van der Waals surface area contributed by atoms with E-state index in [1.54, 1.807) is 31.5 Å². The Labute approximate surface area is 262 Å². The van der Waals surface area contributed by atoms with E-state index in [1.165, 1.54) is 4.68 Å². The number of aryl methyl sites for hydroxylation is 1. The van der Waals surface area contributed by atoms with Gasteiger partial charge in [-0.05, 0) is 78.6 Å². The van der Waals surface area contributed by atoms with Crippen molar-refractivity contribution < 1.29 is 9.47 Å². The molecule has 0 bridgehead atoms. The van der Waals surface area contributed by atoms with Gasteiger partial charge in [0.2, 0.25) is 0 Å². The van der Waals surface area contributed by atoms with Crippen LogP contribution in [-0.2, 0) is 6.61 Å². The highest BCUT2D eigenvalue weighted by molar-refractivity contribution is 9.10. The molecule has 0 spiro atoms. The minimum Gasteiger partial charge on any atom is -0.496 e. The lowest BCUT2D eigenvalue weighted by Gasteiger charge is -2.17. The van der Waals surface area contributed by atoms with Crippen LogP contribution in [0, 0.1) is 6.92 Å². The Hall–Kier alpha value is -3.65. The van der Waals surface area contributed by atoms with Gasteiger partial charge in [0.1, 0.15) is 18.1 Å². The van der Waals surface area contributed by atoms with Gasteiger partial charge < -0.3 is 9.47 Å². The topological polar surface area (TPSA) is 65.7 Å². The van der Waals surface area contributed by atoms with Crippen LogP contribution in [0.3, 0.4) is 0 Å².